The van der Waals surface area contributed by atoms with E-state index in [1.54, 1.807) is 55.1 Å². The maximum atomic E-state index is 13.6. The van der Waals surface area contributed by atoms with Crippen LogP contribution in [-0.2, 0) is 14.4 Å². The van der Waals surface area contributed by atoms with E-state index in [0.29, 0.717) is 17.9 Å². The normalized spacial score (nSPS) is 33.4. The predicted molar refractivity (Wildman–Crippen MR) is 118 cm³/mol. The summed E-state index contributed by atoms with van der Waals surface area (Å²) in [6, 6.07) is 6.35. The molecule has 2 bridgehead atoms. The Bertz CT molecular complexity index is 878. The number of nitrogens with zero attached hydrogens (tertiary/aromatic N) is 1. The molecule has 3 saturated heterocycles. The van der Waals surface area contributed by atoms with E-state index in [0.717, 1.165) is 6.42 Å². The van der Waals surface area contributed by atoms with Gasteiger partial charge in [-0.25, -0.2) is 0 Å². The van der Waals surface area contributed by atoms with E-state index < -0.39 is 22.6 Å². The van der Waals surface area contributed by atoms with Crippen molar-refractivity contribution in [3.63, 3.8) is 0 Å². The molecule has 31 heavy (non-hydrogen) atoms. The zero-order valence-electron chi connectivity index (χ0n) is 18.0. The predicted octanol–water partition coefficient (Wildman–Crippen LogP) is 1.10. The summed E-state index contributed by atoms with van der Waals surface area (Å²) in [6.45, 7) is 2.29. The number of ether oxygens (including phenoxy) is 1. The average Bonchev–Trinajstić information content (AvgIpc) is 3.36. The lowest BCUT2D eigenvalue weighted by Crippen LogP contribution is -2.55. The van der Waals surface area contributed by atoms with Gasteiger partial charge in [0.05, 0.1) is 23.7 Å². The van der Waals surface area contributed by atoms with E-state index in [9.17, 15) is 19.5 Å². The van der Waals surface area contributed by atoms with Crippen LogP contribution in [0.15, 0.2) is 24.3 Å². The molecule has 3 unspecified atom stereocenters. The molecule has 1 spiro atoms. The van der Waals surface area contributed by atoms with E-state index in [1.807, 2.05) is 0 Å². The summed E-state index contributed by atoms with van der Waals surface area (Å²) in [7, 11) is 3.17. The highest BCUT2D eigenvalue weighted by atomic mass is 32.2. The fraction of sp³-hybridized carbons (Fsp3) is 0.591. The monoisotopic (exact) mass is 447 g/mol. The number of aliphatic hydroxyl groups excluding tert-OH is 1. The van der Waals surface area contributed by atoms with Crippen LogP contribution < -0.4 is 15.4 Å². The Labute approximate surface area is 186 Å². The van der Waals surface area contributed by atoms with Crippen molar-refractivity contribution in [1.29, 1.82) is 0 Å². The highest BCUT2D eigenvalue weighted by molar-refractivity contribution is 8.02. The lowest BCUT2D eigenvalue weighted by molar-refractivity contribution is -0.139. The van der Waals surface area contributed by atoms with Crippen molar-refractivity contribution >= 4 is 35.2 Å². The van der Waals surface area contributed by atoms with Gasteiger partial charge in [-0.2, -0.15) is 0 Å². The number of hydrogen-bond acceptors (Lipinski definition) is 6. The largest absolute Gasteiger partial charge is 0.497 e. The summed E-state index contributed by atoms with van der Waals surface area (Å²) in [5.41, 5.74) is 0.619. The SMILES string of the molecule is CNC(=O)[C@@H]1[C@H]2C(=O)N(CCCO)C(C(=O)Nc3ccc(OC)cc3)C23S[C@@H]1CC3C. The first-order chi connectivity index (χ1) is 14.9. The third-order valence-corrected chi connectivity index (χ3v) is 9.03. The first kappa shape index (κ1) is 22.0. The molecule has 3 aliphatic heterocycles. The van der Waals surface area contributed by atoms with Crippen LogP contribution in [0, 0.1) is 17.8 Å². The number of likely N-dealkylation sites (tertiary alicyclic amines) is 1. The van der Waals surface area contributed by atoms with Crippen molar-refractivity contribution in [2.75, 3.05) is 32.6 Å². The van der Waals surface area contributed by atoms with Gasteiger partial charge in [-0.05, 0) is 43.0 Å². The quantitative estimate of drug-likeness (QED) is 0.578. The van der Waals surface area contributed by atoms with Gasteiger partial charge < -0.3 is 25.4 Å². The van der Waals surface area contributed by atoms with Crippen molar-refractivity contribution in [3.8, 4) is 5.75 Å². The van der Waals surface area contributed by atoms with Crippen molar-refractivity contribution in [1.82, 2.24) is 10.2 Å². The Balaban J connectivity index is 1.70. The molecule has 3 heterocycles. The number of carbonyl (C=O) groups is 3. The van der Waals surface area contributed by atoms with E-state index >= 15 is 0 Å². The lowest BCUT2D eigenvalue weighted by atomic mass is 9.66. The van der Waals surface area contributed by atoms with Crippen LogP contribution in [0.25, 0.3) is 0 Å². The lowest BCUT2D eigenvalue weighted by Gasteiger charge is -2.38. The highest BCUT2D eigenvalue weighted by Crippen LogP contribution is 2.68. The van der Waals surface area contributed by atoms with Crippen molar-refractivity contribution < 1.29 is 24.2 Å². The number of amides is 3. The highest BCUT2D eigenvalue weighted by Gasteiger charge is 2.75. The Morgan fingerprint density at radius 1 is 1.29 bits per heavy atom. The average molecular weight is 448 g/mol. The number of carbonyl (C=O) groups excluding carboxylic acids is 3. The number of aliphatic hydroxyl groups is 1. The number of anilines is 1. The van der Waals surface area contributed by atoms with Crippen molar-refractivity contribution in [2.45, 2.75) is 35.8 Å². The molecular formula is C22H29N3O5S. The molecule has 6 atom stereocenters. The van der Waals surface area contributed by atoms with E-state index in [4.69, 9.17) is 4.74 Å². The molecule has 8 nitrogen and oxygen atoms in total. The summed E-state index contributed by atoms with van der Waals surface area (Å²) in [5, 5.41) is 15.1. The molecule has 0 saturated carbocycles. The van der Waals surface area contributed by atoms with Gasteiger partial charge in [0.15, 0.2) is 0 Å². The smallest absolute Gasteiger partial charge is 0.248 e. The molecule has 1 aromatic carbocycles. The summed E-state index contributed by atoms with van der Waals surface area (Å²) >= 11 is 1.64. The first-order valence-electron chi connectivity index (χ1n) is 10.6. The number of methoxy groups -OCH3 is 1. The second-order valence-corrected chi connectivity index (χ2v) is 10.0. The Kier molecular flexibility index (Phi) is 5.91. The van der Waals surface area contributed by atoms with Crippen LogP contribution in [0.4, 0.5) is 5.69 Å². The molecule has 3 aliphatic rings. The first-order valence-corrected chi connectivity index (χ1v) is 11.5. The van der Waals surface area contributed by atoms with Gasteiger partial charge in [-0.15, -0.1) is 11.8 Å². The maximum Gasteiger partial charge on any atom is 0.248 e. The fourth-order valence-electron chi connectivity index (χ4n) is 5.65. The third-order valence-electron chi connectivity index (χ3n) is 6.96. The number of hydrogen-bond donors (Lipinski definition) is 3. The standard InChI is InChI=1S/C22H29N3O5S/c1-12-11-15-16(19(27)23-2)17-21(29)25(9-4-10-26)18(22(12,17)31-15)20(28)24-13-5-7-14(30-3)8-6-13/h5-8,12,15-18,26H,4,9-11H2,1-3H3,(H,23,27)(H,24,28)/t12?,15-,16+,17+,18?,22?/m1/s1. The molecular weight excluding hydrogens is 418 g/mol. The number of rotatable bonds is 7. The van der Waals surface area contributed by atoms with E-state index in [-0.39, 0.29) is 42.0 Å². The summed E-state index contributed by atoms with van der Waals surface area (Å²) in [4.78, 5) is 41.4. The summed E-state index contributed by atoms with van der Waals surface area (Å²) < 4.78 is 4.53. The van der Waals surface area contributed by atoms with Crippen LogP contribution in [-0.4, -0.2) is 71.1 Å². The minimum Gasteiger partial charge on any atom is -0.497 e. The minimum absolute atomic E-state index is 0.0279. The van der Waals surface area contributed by atoms with Crippen LogP contribution in [0.3, 0.4) is 0 Å². The molecule has 0 aliphatic carbocycles. The third kappa shape index (κ3) is 3.29. The van der Waals surface area contributed by atoms with Crippen LogP contribution in [0.1, 0.15) is 19.8 Å². The molecule has 4 rings (SSSR count). The Morgan fingerprint density at radius 2 is 2.00 bits per heavy atom. The molecule has 9 heteroatoms. The van der Waals surface area contributed by atoms with Gasteiger partial charge in [0, 0.05) is 31.1 Å². The van der Waals surface area contributed by atoms with Crippen LogP contribution in [0.2, 0.25) is 0 Å². The van der Waals surface area contributed by atoms with Gasteiger partial charge in [-0.3, -0.25) is 14.4 Å². The minimum atomic E-state index is -0.696. The van der Waals surface area contributed by atoms with Crippen LogP contribution in [0.5, 0.6) is 5.75 Å². The topological polar surface area (TPSA) is 108 Å². The molecule has 0 radical (unpaired) electrons. The number of thioether (sulfide) groups is 1. The maximum absolute atomic E-state index is 13.6. The van der Waals surface area contributed by atoms with E-state index in [2.05, 4.69) is 17.6 Å². The van der Waals surface area contributed by atoms with E-state index in [1.165, 1.54) is 0 Å². The molecule has 168 valence electrons. The van der Waals surface area contributed by atoms with Crippen molar-refractivity contribution in [2.24, 2.45) is 17.8 Å². The van der Waals surface area contributed by atoms with Gasteiger partial charge in [0.2, 0.25) is 17.7 Å². The van der Waals surface area contributed by atoms with Gasteiger partial charge in [0.25, 0.3) is 0 Å². The molecule has 3 amide bonds. The molecule has 3 N–H and O–H groups in total. The number of benzene rings is 1. The Morgan fingerprint density at radius 3 is 2.61 bits per heavy atom. The number of nitrogens with one attached hydrogen (secondary N) is 2. The molecule has 0 aromatic heterocycles. The summed E-state index contributed by atoms with van der Waals surface area (Å²) in [6.07, 6.45) is 1.18. The second-order valence-electron chi connectivity index (χ2n) is 8.49. The van der Waals surface area contributed by atoms with Crippen molar-refractivity contribution in [3.05, 3.63) is 24.3 Å². The Hall–Kier alpha value is -2.26. The van der Waals surface area contributed by atoms with Gasteiger partial charge >= 0.3 is 0 Å². The number of fused-ring (bicyclic) bond motifs is 1. The van der Waals surface area contributed by atoms with Crippen LogP contribution >= 0.6 is 11.8 Å². The molecule has 3 fully saturated rings. The zero-order chi connectivity index (χ0) is 22.3. The van der Waals surface area contributed by atoms with Gasteiger partial charge in [-0.1, -0.05) is 6.92 Å². The zero-order valence-corrected chi connectivity index (χ0v) is 18.8. The summed E-state index contributed by atoms with van der Waals surface area (Å²) in [5.74, 6) is -0.712. The fourth-order valence-corrected chi connectivity index (χ4v) is 8.08. The van der Waals surface area contributed by atoms with Gasteiger partial charge in [0.1, 0.15) is 11.8 Å². The second kappa shape index (κ2) is 8.35. The molecule has 1 aromatic rings.